The van der Waals surface area contributed by atoms with Crippen LogP contribution in [0.1, 0.15) is 5.56 Å². The normalized spacial score (nSPS) is 15.9. The molecule has 2 aromatic carbocycles. The van der Waals surface area contributed by atoms with Gasteiger partial charge in [-0.1, -0.05) is 12.1 Å². The number of anilines is 1. The second-order valence-corrected chi connectivity index (χ2v) is 5.85. The lowest BCUT2D eigenvalue weighted by molar-refractivity contribution is -0.139. The minimum atomic E-state index is -4.81. The summed E-state index contributed by atoms with van der Waals surface area (Å²) in [6, 6.07) is 9.59. The molecule has 0 bridgehead atoms. The summed E-state index contributed by atoms with van der Waals surface area (Å²) in [6.07, 6.45) is -5.19. The first-order chi connectivity index (χ1) is 12.8. The largest absolute Gasteiger partial charge is 0.486 e. The number of alkyl halides is 3. The third-order valence-electron chi connectivity index (χ3n) is 3.82. The zero-order valence-corrected chi connectivity index (χ0v) is 14.0. The molecule has 0 aromatic heterocycles. The molecule has 0 unspecified atom stereocenters. The standard InChI is InChI=1S/C18H16F4N2O3/c19-14-6-5-11(7-13(14)18(20,21)22)23-9-17(25)24-8-12-10-26-15-3-1-2-4-16(15)27-12/h1-7,12,23H,8-10H2,(H,24,25)/t12-/m1/s1. The molecule has 9 heteroatoms. The summed E-state index contributed by atoms with van der Waals surface area (Å²) in [6.45, 7) is 0.163. The van der Waals surface area contributed by atoms with Crippen LogP contribution in [0.4, 0.5) is 23.2 Å². The number of carbonyl (C=O) groups excluding carboxylic acids is 1. The predicted molar refractivity (Wildman–Crippen MR) is 89.3 cm³/mol. The molecular weight excluding hydrogens is 368 g/mol. The maximum Gasteiger partial charge on any atom is 0.419 e. The fourth-order valence-electron chi connectivity index (χ4n) is 2.49. The van der Waals surface area contributed by atoms with Crippen molar-refractivity contribution in [2.75, 3.05) is 25.0 Å². The topological polar surface area (TPSA) is 59.6 Å². The fourth-order valence-corrected chi connectivity index (χ4v) is 2.49. The van der Waals surface area contributed by atoms with Gasteiger partial charge in [0.1, 0.15) is 18.5 Å². The van der Waals surface area contributed by atoms with Crippen LogP contribution in [0, 0.1) is 5.82 Å². The molecule has 0 radical (unpaired) electrons. The van der Waals surface area contributed by atoms with Crippen molar-refractivity contribution in [3.05, 3.63) is 53.8 Å². The van der Waals surface area contributed by atoms with Gasteiger partial charge >= 0.3 is 6.18 Å². The minimum absolute atomic E-state index is 0.00921. The fraction of sp³-hybridized carbons (Fsp3) is 0.278. The molecule has 0 aliphatic carbocycles. The Balaban J connectivity index is 1.48. The van der Waals surface area contributed by atoms with Gasteiger partial charge in [0.2, 0.25) is 5.91 Å². The van der Waals surface area contributed by atoms with Gasteiger partial charge < -0.3 is 20.1 Å². The number of benzene rings is 2. The number of halogens is 4. The molecule has 0 fully saturated rings. The maximum atomic E-state index is 13.2. The SMILES string of the molecule is O=C(CNc1ccc(F)c(C(F)(F)F)c1)NC[C@@H]1COc2ccccc2O1. The lowest BCUT2D eigenvalue weighted by Crippen LogP contribution is -2.42. The van der Waals surface area contributed by atoms with E-state index in [4.69, 9.17) is 9.47 Å². The van der Waals surface area contributed by atoms with E-state index in [1.807, 2.05) is 6.07 Å². The van der Waals surface area contributed by atoms with Crippen LogP contribution in [-0.2, 0) is 11.0 Å². The van der Waals surface area contributed by atoms with Crippen molar-refractivity contribution in [1.29, 1.82) is 0 Å². The van der Waals surface area contributed by atoms with Crippen LogP contribution in [0.15, 0.2) is 42.5 Å². The lowest BCUT2D eigenvalue weighted by Gasteiger charge is -2.26. The van der Waals surface area contributed by atoms with E-state index in [9.17, 15) is 22.4 Å². The van der Waals surface area contributed by atoms with Gasteiger partial charge in [-0.15, -0.1) is 0 Å². The molecule has 2 aromatic rings. The zero-order chi connectivity index (χ0) is 19.4. The van der Waals surface area contributed by atoms with Crippen LogP contribution < -0.4 is 20.1 Å². The van der Waals surface area contributed by atoms with Gasteiger partial charge in [0.05, 0.1) is 18.7 Å². The summed E-state index contributed by atoms with van der Waals surface area (Å²) in [5.41, 5.74) is -1.40. The summed E-state index contributed by atoms with van der Waals surface area (Å²) in [4.78, 5) is 11.9. The van der Waals surface area contributed by atoms with Gasteiger partial charge in [-0.3, -0.25) is 4.79 Å². The summed E-state index contributed by atoms with van der Waals surface area (Å²) < 4.78 is 62.5. The quantitative estimate of drug-likeness (QED) is 0.778. The Morgan fingerprint density at radius 2 is 1.89 bits per heavy atom. The number of para-hydroxylation sites is 2. The molecule has 1 atom stereocenters. The molecule has 0 saturated carbocycles. The monoisotopic (exact) mass is 384 g/mol. The Labute approximate surface area is 152 Å². The molecule has 27 heavy (non-hydrogen) atoms. The average molecular weight is 384 g/mol. The molecule has 5 nitrogen and oxygen atoms in total. The van der Waals surface area contributed by atoms with E-state index in [0.717, 1.165) is 6.07 Å². The van der Waals surface area contributed by atoms with E-state index < -0.39 is 23.5 Å². The number of hydrogen-bond acceptors (Lipinski definition) is 4. The Hall–Kier alpha value is -2.97. The van der Waals surface area contributed by atoms with Crippen molar-refractivity contribution in [3.8, 4) is 11.5 Å². The van der Waals surface area contributed by atoms with E-state index >= 15 is 0 Å². The number of fused-ring (bicyclic) bond motifs is 1. The van der Waals surface area contributed by atoms with Crippen LogP contribution in [0.5, 0.6) is 11.5 Å². The highest BCUT2D eigenvalue weighted by Crippen LogP contribution is 2.33. The van der Waals surface area contributed by atoms with Gasteiger partial charge in [0.15, 0.2) is 11.5 Å². The molecule has 3 rings (SSSR count). The number of rotatable bonds is 5. The predicted octanol–water partition coefficient (Wildman–Crippen LogP) is 3.21. The highest BCUT2D eigenvalue weighted by molar-refractivity contribution is 5.80. The van der Waals surface area contributed by atoms with Gasteiger partial charge in [-0.25, -0.2) is 4.39 Å². The number of hydrogen-bond donors (Lipinski definition) is 2. The Kier molecular flexibility index (Phi) is 5.38. The molecule has 1 amide bonds. The average Bonchev–Trinajstić information content (AvgIpc) is 2.64. The summed E-state index contributed by atoms with van der Waals surface area (Å²) in [5.74, 6) is -0.617. The molecule has 1 heterocycles. The maximum absolute atomic E-state index is 13.2. The third kappa shape index (κ3) is 4.81. The summed E-state index contributed by atoms with van der Waals surface area (Å²) in [5, 5.41) is 5.14. The Morgan fingerprint density at radius 1 is 1.15 bits per heavy atom. The van der Waals surface area contributed by atoms with Crippen molar-refractivity contribution >= 4 is 11.6 Å². The van der Waals surface area contributed by atoms with Crippen molar-refractivity contribution < 1.29 is 31.8 Å². The second kappa shape index (κ2) is 7.73. The van der Waals surface area contributed by atoms with E-state index in [2.05, 4.69) is 10.6 Å². The second-order valence-electron chi connectivity index (χ2n) is 5.85. The van der Waals surface area contributed by atoms with Gasteiger partial charge in [-0.05, 0) is 30.3 Å². The smallest absolute Gasteiger partial charge is 0.419 e. The van der Waals surface area contributed by atoms with Crippen LogP contribution in [0.3, 0.4) is 0 Å². The van der Waals surface area contributed by atoms with Crippen molar-refractivity contribution in [2.45, 2.75) is 12.3 Å². The highest BCUT2D eigenvalue weighted by atomic mass is 19.4. The van der Waals surface area contributed by atoms with Gasteiger partial charge in [0, 0.05) is 5.69 Å². The van der Waals surface area contributed by atoms with E-state index in [0.29, 0.717) is 23.6 Å². The molecule has 0 spiro atoms. The van der Waals surface area contributed by atoms with Crippen molar-refractivity contribution in [3.63, 3.8) is 0 Å². The van der Waals surface area contributed by atoms with E-state index in [-0.39, 0.29) is 31.5 Å². The van der Waals surface area contributed by atoms with E-state index in [1.165, 1.54) is 0 Å². The summed E-state index contributed by atoms with van der Waals surface area (Å²) >= 11 is 0. The Bertz CT molecular complexity index is 826. The summed E-state index contributed by atoms with van der Waals surface area (Å²) in [7, 11) is 0. The Morgan fingerprint density at radius 3 is 2.63 bits per heavy atom. The number of amides is 1. The number of carbonyl (C=O) groups is 1. The van der Waals surface area contributed by atoms with Crippen LogP contribution in [0.2, 0.25) is 0 Å². The molecular formula is C18H16F4N2O3. The first-order valence-corrected chi connectivity index (χ1v) is 8.09. The van der Waals surface area contributed by atoms with Gasteiger partial charge in [-0.2, -0.15) is 13.2 Å². The van der Waals surface area contributed by atoms with Crippen LogP contribution >= 0.6 is 0 Å². The zero-order valence-electron chi connectivity index (χ0n) is 14.0. The van der Waals surface area contributed by atoms with Crippen LogP contribution in [-0.4, -0.2) is 31.7 Å². The third-order valence-corrected chi connectivity index (χ3v) is 3.82. The molecule has 2 N–H and O–H groups in total. The first-order valence-electron chi connectivity index (χ1n) is 8.09. The molecule has 144 valence electrons. The lowest BCUT2D eigenvalue weighted by atomic mass is 10.2. The van der Waals surface area contributed by atoms with Crippen molar-refractivity contribution in [2.24, 2.45) is 0 Å². The van der Waals surface area contributed by atoms with Crippen LogP contribution in [0.25, 0.3) is 0 Å². The molecule has 0 saturated heterocycles. The number of ether oxygens (including phenoxy) is 2. The number of nitrogens with one attached hydrogen (secondary N) is 2. The molecule has 1 aliphatic rings. The molecule has 1 aliphatic heterocycles. The van der Waals surface area contributed by atoms with Crippen molar-refractivity contribution in [1.82, 2.24) is 5.32 Å². The minimum Gasteiger partial charge on any atom is -0.486 e. The highest BCUT2D eigenvalue weighted by Gasteiger charge is 2.34. The first kappa shape index (κ1) is 18.8. The van der Waals surface area contributed by atoms with E-state index in [1.54, 1.807) is 18.2 Å². The van der Waals surface area contributed by atoms with Gasteiger partial charge in [0.25, 0.3) is 0 Å².